The lowest BCUT2D eigenvalue weighted by molar-refractivity contribution is -0.141. The Kier molecular flexibility index (Phi) is 8.73. The molecule has 22 heavy (non-hydrogen) atoms. The molecule has 6 nitrogen and oxygen atoms in total. The summed E-state index contributed by atoms with van der Waals surface area (Å²) in [7, 11) is 1.75. The van der Waals surface area contributed by atoms with Crippen molar-refractivity contribution in [2.75, 3.05) is 32.0 Å². The second-order valence-corrected chi connectivity index (χ2v) is 4.44. The van der Waals surface area contributed by atoms with Gasteiger partial charge in [0.15, 0.2) is 0 Å². The van der Waals surface area contributed by atoms with E-state index in [1.54, 1.807) is 14.0 Å². The van der Waals surface area contributed by atoms with E-state index in [0.717, 1.165) is 12.3 Å². The van der Waals surface area contributed by atoms with Crippen molar-refractivity contribution < 1.29 is 18.0 Å². The Hall–Kier alpha value is -1.61. The van der Waals surface area contributed by atoms with Crippen LogP contribution in [0.5, 0.6) is 0 Å². The quantitative estimate of drug-likeness (QED) is 0.652. The van der Waals surface area contributed by atoms with Crippen molar-refractivity contribution in [2.45, 2.75) is 13.1 Å². The third kappa shape index (κ3) is 6.90. The second-order valence-electron chi connectivity index (χ2n) is 4.44. The number of hydrogen-bond donors (Lipinski definition) is 3. The van der Waals surface area contributed by atoms with Gasteiger partial charge in [0.1, 0.15) is 5.69 Å². The predicted octanol–water partition coefficient (Wildman–Crippen LogP) is 1.30. The van der Waals surface area contributed by atoms with Crippen molar-refractivity contribution in [2.24, 2.45) is 5.92 Å². The zero-order valence-electron chi connectivity index (χ0n) is 12.2. The minimum Gasteiger partial charge on any atom is -0.354 e. The molecule has 1 unspecified atom stereocenters. The van der Waals surface area contributed by atoms with Crippen molar-refractivity contribution in [3.63, 3.8) is 0 Å². The topological polar surface area (TPSA) is 78.9 Å². The SMILES string of the molecule is CNCC(C)C(=O)NCCNc1nccc(C(F)(F)F)n1.Cl. The molecule has 0 aliphatic rings. The van der Waals surface area contributed by atoms with Crippen LogP contribution in [0.2, 0.25) is 0 Å². The molecule has 1 rings (SSSR count). The lowest BCUT2D eigenvalue weighted by Crippen LogP contribution is -2.36. The number of carbonyl (C=O) groups is 1. The number of carbonyl (C=O) groups excluding carboxylic acids is 1. The van der Waals surface area contributed by atoms with Crippen LogP contribution in [-0.2, 0) is 11.0 Å². The van der Waals surface area contributed by atoms with Gasteiger partial charge >= 0.3 is 6.18 Å². The number of amides is 1. The molecule has 0 aromatic carbocycles. The molecule has 0 radical (unpaired) electrons. The van der Waals surface area contributed by atoms with E-state index >= 15 is 0 Å². The van der Waals surface area contributed by atoms with E-state index in [1.165, 1.54) is 0 Å². The molecule has 3 N–H and O–H groups in total. The molecule has 1 heterocycles. The smallest absolute Gasteiger partial charge is 0.354 e. The summed E-state index contributed by atoms with van der Waals surface area (Å²) >= 11 is 0. The van der Waals surface area contributed by atoms with Gasteiger partial charge in [-0.3, -0.25) is 4.79 Å². The lowest BCUT2D eigenvalue weighted by atomic mass is 10.1. The van der Waals surface area contributed by atoms with Crippen LogP contribution in [0.25, 0.3) is 0 Å². The van der Waals surface area contributed by atoms with E-state index in [4.69, 9.17) is 0 Å². The fourth-order valence-corrected chi connectivity index (χ4v) is 1.53. The Morgan fingerprint density at radius 2 is 2.05 bits per heavy atom. The van der Waals surface area contributed by atoms with Gasteiger partial charge < -0.3 is 16.0 Å². The molecule has 0 bridgehead atoms. The predicted molar refractivity (Wildman–Crippen MR) is 78.9 cm³/mol. The monoisotopic (exact) mass is 341 g/mol. The van der Waals surface area contributed by atoms with Crippen LogP contribution in [0.15, 0.2) is 12.3 Å². The highest BCUT2D eigenvalue weighted by atomic mass is 35.5. The van der Waals surface area contributed by atoms with Crippen LogP contribution in [0, 0.1) is 5.92 Å². The summed E-state index contributed by atoms with van der Waals surface area (Å²) in [5.41, 5.74) is -1.01. The van der Waals surface area contributed by atoms with Crippen molar-refractivity contribution in [1.29, 1.82) is 0 Å². The normalized spacial score (nSPS) is 12.2. The first-order valence-electron chi connectivity index (χ1n) is 6.41. The summed E-state index contributed by atoms with van der Waals surface area (Å²) in [6.45, 7) is 2.83. The van der Waals surface area contributed by atoms with Crippen LogP contribution >= 0.6 is 12.4 Å². The van der Waals surface area contributed by atoms with Crippen molar-refractivity contribution in [3.8, 4) is 0 Å². The first-order valence-corrected chi connectivity index (χ1v) is 6.41. The highest BCUT2D eigenvalue weighted by molar-refractivity contribution is 5.85. The molecule has 0 spiro atoms. The maximum atomic E-state index is 12.4. The van der Waals surface area contributed by atoms with Gasteiger partial charge in [-0.05, 0) is 13.1 Å². The highest BCUT2D eigenvalue weighted by Gasteiger charge is 2.32. The number of nitrogens with one attached hydrogen (secondary N) is 3. The summed E-state index contributed by atoms with van der Waals surface area (Å²) in [5, 5.41) is 8.18. The molecule has 0 aliphatic heterocycles. The standard InChI is InChI=1S/C12H18F3N5O.ClH/c1-8(7-16-2)10(21)17-5-6-19-11-18-4-3-9(20-11)12(13,14)15;/h3-4,8,16H,5-7H2,1-2H3,(H,17,21)(H,18,19,20);1H. The van der Waals surface area contributed by atoms with E-state index in [2.05, 4.69) is 25.9 Å². The number of anilines is 1. The number of aromatic nitrogens is 2. The third-order valence-electron chi connectivity index (χ3n) is 2.61. The van der Waals surface area contributed by atoms with Gasteiger partial charge in [-0.1, -0.05) is 6.92 Å². The van der Waals surface area contributed by atoms with Gasteiger partial charge in [-0.2, -0.15) is 13.2 Å². The zero-order chi connectivity index (χ0) is 15.9. The van der Waals surface area contributed by atoms with E-state index in [1.807, 2.05) is 0 Å². The Labute approximate surface area is 132 Å². The minimum absolute atomic E-state index is 0. The molecular formula is C12H19ClF3N5O. The fraction of sp³-hybridized carbons (Fsp3) is 0.583. The van der Waals surface area contributed by atoms with Gasteiger partial charge in [0, 0.05) is 31.7 Å². The lowest BCUT2D eigenvalue weighted by Gasteiger charge is -2.12. The number of hydrogen-bond acceptors (Lipinski definition) is 5. The van der Waals surface area contributed by atoms with Gasteiger partial charge in [0.2, 0.25) is 11.9 Å². The molecule has 1 aromatic rings. The summed E-state index contributed by atoms with van der Waals surface area (Å²) in [6, 6.07) is 0.798. The van der Waals surface area contributed by atoms with Crippen LogP contribution in [-0.4, -0.2) is 42.6 Å². The minimum atomic E-state index is -4.50. The first-order chi connectivity index (χ1) is 9.84. The summed E-state index contributed by atoms with van der Waals surface area (Å²) in [4.78, 5) is 18.6. The van der Waals surface area contributed by atoms with E-state index < -0.39 is 11.9 Å². The summed E-state index contributed by atoms with van der Waals surface area (Å²) < 4.78 is 37.3. The maximum absolute atomic E-state index is 12.4. The third-order valence-corrected chi connectivity index (χ3v) is 2.61. The highest BCUT2D eigenvalue weighted by Crippen LogP contribution is 2.27. The van der Waals surface area contributed by atoms with E-state index in [-0.39, 0.29) is 43.3 Å². The summed E-state index contributed by atoms with van der Waals surface area (Å²) in [5.74, 6) is -0.432. The first kappa shape index (κ1) is 20.4. The Morgan fingerprint density at radius 3 is 2.64 bits per heavy atom. The molecule has 1 amide bonds. The largest absolute Gasteiger partial charge is 0.433 e. The molecule has 0 fully saturated rings. The van der Waals surface area contributed by atoms with Crippen LogP contribution in [0.4, 0.5) is 19.1 Å². The average molecular weight is 342 g/mol. The number of alkyl halides is 3. The molecule has 1 aromatic heterocycles. The second kappa shape index (κ2) is 9.42. The molecule has 1 atom stereocenters. The van der Waals surface area contributed by atoms with Gasteiger partial charge in [-0.15, -0.1) is 12.4 Å². The van der Waals surface area contributed by atoms with Crippen molar-refractivity contribution >= 4 is 24.3 Å². The van der Waals surface area contributed by atoms with Crippen LogP contribution in [0.3, 0.4) is 0 Å². The average Bonchev–Trinajstić information content (AvgIpc) is 2.43. The van der Waals surface area contributed by atoms with Gasteiger partial charge in [0.25, 0.3) is 0 Å². The molecule has 126 valence electrons. The van der Waals surface area contributed by atoms with Gasteiger partial charge in [0.05, 0.1) is 0 Å². The molecular weight excluding hydrogens is 323 g/mol. The van der Waals surface area contributed by atoms with Gasteiger partial charge in [-0.25, -0.2) is 9.97 Å². The number of nitrogens with zero attached hydrogens (tertiary/aromatic N) is 2. The Bertz CT molecular complexity index is 472. The van der Waals surface area contributed by atoms with E-state index in [0.29, 0.717) is 6.54 Å². The molecule has 10 heteroatoms. The van der Waals surface area contributed by atoms with Crippen molar-refractivity contribution in [3.05, 3.63) is 18.0 Å². The molecule has 0 saturated heterocycles. The maximum Gasteiger partial charge on any atom is 0.433 e. The van der Waals surface area contributed by atoms with Crippen LogP contribution < -0.4 is 16.0 Å². The van der Waals surface area contributed by atoms with E-state index in [9.17, 15) is 18.0 Å². The Balaban J connectivity index is 0.00000441. The number of halogens is 4. The fourth-order valence-electron chi connectivity index (χ4n) is 1.53. The van der Waals surface area contributed by atoms with Crippen LogP contribution in [0.1, 0.15) is 12.6 Å². The zero-order valence-corrected chi connectivity index (χ0v) is 13.0. The Morgan fingerprint density at radius 1 is 1.36 bits per heavy atom. The molecule has 0 aliphatic carbocycles. The summed E-state index contributed by atoms with van der Waals surface area (Å²) in [6.07, 6.45) is -3.47. The van der Waals surface area contributed by atoms with Crippen molar-refractivity contribution in [1.82, 2.24) is 20.6 Å². The number of rotatable bonds is 7. The molecule has 0 saturated carbocycles.